The van der Waals surface area contributed by atoms with Crippen LogP contribution in [-0.2, 0) is 9.53 Å². The molecule has 0 bridgehead atoms. The molecule has 1 fully saturated rings. The minimum absolute atomic E-state index is 0.0750. The normalized spacial score (nSPS) is 25.5. The zero-order valence-electron chi connectivity index (χ0n) is 18.8. The van der Waals surface area contributed by atoms with E-state index in [1.165, 1.54) is 7.11 Å². The lowest BCUT2D eigenvalue weighted by Crippen LogP contribution is -2.48. The highest BCUT2D eigenvalue weighted by Crippen LogP contribution is 2.57. The van der Waals surface area contributed by atoms with E-state index in [0.29, 0.717) is 22.1 Å². The van der Waals surface area contributed by atoms with Gasteiger partial charge in [0.2, 0.25) is 0 Å². The van der Waals surface area contributed by atoms with E-state index in [4.69, 9.17) is 25.8 Å². The highest BCUT2D eigenvalue weighted by molar-refractivity contribution is 6.30. The molecule has 1 N–H and O–H groups in total. The van der Waals surface area contributed by atoms with Crippen molar-refractivity contribution in [1.29, 1.82) is 0 Å². The van der Waals surface area contributed by atoms with Crippen molar-refractivity contribution in [2.24, 2.45) is 5.41 Å². The number of nitrogens with one attached hydrogen (secondary N) is 1. The maximum atomic E-state index is 14.3. The van der Waals surface area contributed by atoms with Gasteiger partial charge in [-0.25, -0.2) is 0 Å². The van der Waals surface area contributed by atoms with Crippen molar-refractivity contribution in [2.45, 2.75) is 18.0 Å². The predicted octanol–water partition coefficient (Wildman–Crippen LogP) is 4.58. The molecule has 0 aromatic heterocycles. The first-order chi connectivity index (χ1) is 16.5. The molecule has 0 saturated carbocycles. The number of hydrogen-bond acceptors (Lipinski definition) is 6. The summed E-state index contributed by atoms with van der Waals surface area (Å²) in [4.78, 5) is 27.4. The molecule has 1 saturated heterocycles. The predicted molar refractivity (Wildman–Crippen MR) is 128 cm³/mol. The van der Waals surface area contributed by atoms with Gasteiger partial charge < -0.3 is 14.2 Å². The van der Waals surface area contributed by atoms with Gasteiger partial charge in [0.05, 0.1) is 25.2 Å². The Bertz CT molecular complexity index is 1230. The molecule has 1 spiro atoms. The first-order valence-electron chi connectivity index (χ1n) is 11.0. The first kappa shape index (κ1) is 22.4. The Morgan fingerprint density at radius 3 is 2.35 bits per heavy atom. The summed E-state index contributed by atoms with van der Waals surface area (Å²) in [5.74, 6) is 0.164. The summed E-state index contributed by atoms with van der Waals surface area (Å²) in [6.45, 7) is 0.104. The molecule has 3 aromatic carbocycles. The maximum absolute atomic E-state index is 14.3. The molecule has 7 heteroatoms. The number of hydrogen-bond donors (Lipinski definition) is 1. The Balaban J connectivity index is 1.73. The first-order valence-corrected chi connectivity index (χ1v) is 11.4. The fraction of sp³-hybridized carbons (Fsp3) is 0.259. The van der Waals surface area contributed by atoms with Gasteiger partial charge in [-0.1, -0.05) is 48.0 Å². The Labute approximate surface area is 202 Å². The number of rotatable bonds is 4. The van der Waals surface area contributed by atoms with Crippen molar-refractivity contribution < 1.29 is 23.8 Å². The van der Waals surface area contributed by atoms with E-state index in [1.807, 2.05) is 48.5 Å². The second kappa shape index (κ2) is 8.78. The van der Waals surface area contributed by atoms with Crippen LogP contribution in [-0.4, -0.2) is 38.6 Å². The number of methoxy groups -OCH3 is 2. The van der Waals surface area contributed by atoms with Gasteiger partial charge in [0.25, 0.3) is 0 Å². The van der Waals surface area contributed by atoms with Crippen LogP contribution in [0.1, 0.15) is 33.4 Å². The topological polar surface area (TPSA) is 73.9 Å². The van der Waals surface area contributed by atoms with Crippen LogP contribution < -0.4 is 14.8 Å². The SMILES string of the molecule is COC(=O)[C@H]1N[C@@H](c2ccc(Cl)cc2)[C@]2(COc3ccccc3C2=O)[C@@H]1c1ccc(OC)cc1. The number of fused-ring (bicyclic) bond motifs is 1. The summed E-state index contributed by atoms with van der Waals surface area (Å²) >= 11 is 6.15. The van der Waals surface area contributed by atoms with Crippen molar-refractivity contribution in [3.8, 4) is 11.5 Å². The fourth-order valence-corrected chi connectivity index (χ4v) is 5.45. The molecule has 4 atom stereocenters. The van der Waals surface area contributed by atoms with E-state index in [0.717, 1.165) is 11.1 Å². The molecule has 0 radical (unpaired) electrons. The van der Waals surface area contributed by atoms with Crippen molar-refractivity contribution in [2.75, 3.05) is 20.8 Å². The average molecular weight is 478 g/mol. The quantitative estimate of drug-likeness (QED) is 0.554. The number of benzene rings is 3. The molecule has 2 aliphatic heterocycles. The van der Waals surface area contributed by atoms with Crippen LogP contribution in [0.2, 0.25) is 5.02 Å². The Morgan fingerprint density at radius 2 is 1.68 bits per heavy atom. The third kappa shape index (κ3) is 3.45. The number of para-hydroxylation sites is 1. The van der Waals surface area contributed by atoms with Crippen molar-refractivity contribution in [3.05, 3.63) is 94.5 Å². The van der Waals surface area contributed by atoms with Crippen LogP contribution in [0.3, 0.4) is 0 Å². The number of esters is 1. The Kier molecular flexibility index (Phi) is 5.80. The standard InChI is InChI=1S/C27H24ClNO5/c1-32-19-13-9-16(10-14-19)22-23(26(31)33-2)29-24(17-7-11-18(28)12-8-17)27(22)15-34-21-6-4-3-5-20(21)25(27)30/h3-14,22-24,29H,15H2,1-2H3/t22-,23+,24+,27+/m1/s1. The van der Waals surface area contributed by atoms with Gasteiger partial charge in [0.15, 0.2) is 5.78 Å². The van der Waals surface area contributed by atoms with Gasteiger partial charge in [-0.05, 0) is 47.5 Å². The van der Waals surface area contributed by atoms with E-state index < -0.39 is 29.4 Å². The van der Waals surface area contributed by atoms with Crippen molar-refractivity contribution in [3.63, 3.8) is 0 Å². The van der Waals surface area contributed by atoms with Crippen LogP contribution in [0, 0.1) is 5.41 Å². The summed E-state index contributed by atoms with van der Waals surface area (Å²) in [7, 11) is 2.95. The molecule has 0 amide bonds. The molecule has 34 heavy (non-hydrogen) atoms. The van der Waals surface area contributed by atoms with Crippen molar-refractivity contribution in [1.82, 2.24) is 5.32 Å². The lowest BCUT2D eigenvalue weighted by atomic mass is 9.62. The van der Waals surface area contributed by atoms with Crippen LogP contribution in [0.4, 0.5) is 0 Å². The Morgan fingerprint density at radius 1 is 1.00 bits per heavy atom. The summed E-state index contributed by atoms with van der Waals surface area (Å²) in [5, 5.41) is 4.01. The second-order valence-electron chi connectivity index (χ2n) is 8.56. The number of carbonyl (C=O) groups is 2. The average Bonchev–Trinajstić information content (AvgIpc) is 3.22. The second-order valence-corrected chi connectivity index (χ2v) is 8.99. The highest BCUT2D eigenvalue weighted by atomic mass is 35.5. The Hall–Kier alpha value is -3.35. The summed E-state index contributed by atoms with van der Waals surface area (Å²) in [6.07, 6.45) is 0. The van der Waals surface area contributed by atoms with Gasteiger partial charge in [-0.15, -0.1) is 0 Å². The molecule has 6 nitrogen and oxygen atoms in total. The highest BCUT2D eigenvalue weighted by Gasteiger charge is 2.64. The van der Waals surface area contributed by atoms with E-state index in [1.54, 1.807) is 31.4 Å². The molecule has 2 aliphatic rings. The monoisotopic (exact) mass is 477 g/mol. The molecule has 2 heterocycles. The fourth-order valence-electron chi connectivity index (χ4n) is 5.32. The zero-order valence-corrected chi connectivity index (χ0v) is 19.5. The third-order valence-corrected chi connectivity index (χ3v) is 7.16. The molecular formula is C27H24ClNO5. The molecule has 3 aromatic rings. The number of ether oxygens (including phenoxy) is 3. The van der Waals surface area contributed by atoms with Gasteiger partial charge in [-0.3, -0.25) is 14.9 Å². The molecule has 0 unspecified atom stereocenters. The van der Waals surface area contributed by atoms with E-state index in [9.17, 15) is 9.59 Å². The van der Waals surface area contributed by atoms with E-state index in [2.05, 4.69) is 5.32 Å². The lowest BCUT2D eigenvalue weighted by molar-refractivity contribution is -0.143. The summed E-state index contributed by atoms with van der Waals surface area (Å²) in [6, 6.07) is 20.7. The van der Waals surface area contributed by atoms with Gasteiger partial charge in [-0.2, -0.15) is 0 Å². The third-order valence-electron chi connectivity index (χ3n) is 6.90. The minimum Gasteiger partial charge on any atom is -0.497 e. The molecule has 174 valence electrons. The van der Waals surface area contributed by atoms with Gasteiger partial charge >= 0.3 is 5.97 Å². The summed E-state index contributed by atoms with van der Waals surface area (Å²) < 4.78 is 16.7. The number of Topliss-reactive ketones (excluding diaryl/α,β-unsaturated/α-hetero) is 1. The van der Waals surface area contributed by atoms with Crippen LogP contribution in [0.5, 0.6) is 11.5 Å². The molecule has 5 rings (SSSR count). The zero-order chi connectivity index (χ0) is 23.9. The lowest BCUT2D eigenvalue weighted by Gasteiger charge is -2.41. The molecule has 0 aliphatic carbocycles. The minimum atomic E-state index is -1.10. The van der Waals surface area contributed by atoms with Gasteiger partial charge in [0, 0.05) is 17.0 Å². The number of carbonyl (C=O) groups excluding carboxylic acids is 2. The van der Waals surface area contributed by atoms with Crippen LogP contribution in [0.25, 0.3) is 0 Å². The number of ketones is 1. The molecular weight excluding hydrogens is 454 g/mol. The maximum Gasteiger partial charge on any atom is 0.323 e. The number of halogens is 1. The van der Waals surface area contributed by atoms with Gasteiger partial charge in [0.1, 0.15) is 24.1 Å². The van der Waals surface area contributed by atoms with E-state index in [-0.39, 0.29) is 12.4 Å². The largest absolute Gasteiger partial charge is 0.497 e. The van der Waals surface area contributed by atoms with Crippen molar-refractivity contribution >= 4 is 23.4 Å². The smallest absolute Gasteiger partial charge is 0.323 e. The van der Waals surface area contributed by atoms with E-state index >= 15 is 0 Å². The van der Waals surface area contributed by atoms with Crippen LogP contribution >= 0.6 is 11.6 Å². The summed E-state index contributed by atoms with van der Waals surface area (Å²) in [5.41, 5.74) is 1.05. The van der Waals surface area contributed by atoms with Crippen LogP contribution in [0.15, 0.2) is 72.8 Å².